The molecule has 1 atom stereocenters. The first-order valence-electron chi connectivity index (χ1n) is 3.25. The zero-order valence-corrected chi connectivity index (χ0v) is 5.92. The molecule has 0 bridgehead atoms. The van der Waals surface area contributed by atoms with Gasteiger partial charge in [-0.1, -0.05) is 5.92 Å². The Hall–Kier alpha value is -1.17. The monoisotopic (exact) mass is 138 g/mol. The first kappa shape index (κ1) is 6.94. The van der Waals surface area contributed by atoms with E-state index in [0.29, 0.717) is 0 Å². The third-order valence-electron chi connectivity index (χ3n) is 1.32. The van der Waals surface area contributed by atoms with Gasteiger partial charge >= 0.3 is 6.03 Å². The average Bonchev–Trinajstić information content (AvgIpc) is 2.68. The van der Waals surface area contributed by atoms with E-state index >= 15 is 0 Å². The Balaban J connectivity index is 2.24. The van der Waals surface area contributed by atoms with Crippen LogP contribution in [0.25, 0.3) is 0 Å². The predicted octanol–water partition coefficient (Wildman–Crippen LogP) is 0.0333. The molecule has 0 saturated carbocycles. The van der Waals surface area contributed by atoms with Crippen LogP contribution in [0.1, 0.15) is 6.92 Å². The van der Waals surface area contributed by atoms with E-state index in [-0.39, 0.29) is 12.1 Å². The molecule has 10 heavy (non-hydrogen) atoms. The summed E-state index contributed by atoms with van der Waals surface area (Å²) in [7, 11) is 0. The van der Waals surface area contributed by atoms with Gasteiger partial charge < -0.3 is 10.2 Å². The van der Waals surface area contributed by atoms with Crippen molar-refractivity contribution in [2.75, 3.05) is 13.1 Å². The molecule has 1 N–H and O–H groups in total. The van der Waals surface area contributed by atoms with E-state index in [1.54, 1.807) is 11.8 Å². The van der Waals surface area contributed by atoms with Gasteiger partial charge in [0.05, 0.1) is 6.04 Å². The number of rotatable bonds is 1. The van der Waals surface area contributed by atoms with Crippen molar-refractivity contribution in [3.8, 4) is 12.3 Å². The van der Waals surface area contributed by atoms with E-state index in [0.717, 1.165) is 13.1 Å². The summed E-state index contributed by atoms with van der Waals surface area (Å²) < 4.78 is 0. The zero-order valence-electron chi connectivity index (χ0n) is 5.92. The Bertz CT molecular complexity index is 179. The molecule has 1 saturated heterocycles. The van der Waals surface area contributed by atoms with Crippen molar-refractivity contribution in [2.24, 2.45) is 0 Å². The molecule has 1 heterocycles. The minimum absolute atomic E-state index is 0.0505. The van der Waals surface area contributed by atoms with Crippen molar-refractivity contribution in [1.82, 2.24) is 10.2 Å². The maximum Gasteiger partial charge on any atom is 0.318 e. The number of terminal acetylenes is 1. The normalized spacial score (nSPS) is 17.4. The van der Waals surface area contributed by atoms with Crippen molar-refractivity contribution < 1.29 is 4.79 Å². The lowest BCUT2D eigenvalue weighted by Gasteiger charge is -2.06. The first-order chi connectivity index (χ1) is 4.74. The van der Waals surface area contributed by atoms with Gasteiger partial charge in [-0.2, -0.15) is 0 Å². The minimum atomic E-state index is -0.159. The molecular weight excluding hydrogens is 128 g/mol. The summed E-state index contributed by atoms with van der Waals surface area (Å²) in [6.45, 7) is 3.51. The van der Waals surface area contributed by atoms with E-state index in [4.69, 9.17) is 6.42 Å². The summed E-state index contributed by atoms with van der Waals surface area (Å²) in [5.74, 6) is 2.42. The van der Waals surface area contributed by atoms with E-state index < -0.39 is 0 Å². The summed E-state index contributed by atoms with van der Waals surface area (Å²) in [5.41, 5.74) is 0. The standard InChI is InChI=1S/C7H10N2O/c1-3-6(2)8-7(10)9-4-5-9/h1,6H,4-5H2,2H3,(H,8,10). The van der Waals surface area contributed by atoms with Gasteiger partial charge in [-0.25, -0.2) is 4.79 Å². The summed E-state index contributed by atoms with van der Waals surface area (Å²) in [4.78, 5) is 12.6. The maximum absolute atomic E-state index is 10.9. The molecule has 3 nitrogen and oxygen atoms in total. The Morgan fingerprint density at radius 1 is 1.80 bits per heavy atom. The molecule has 1 rings (SSSR count). The fourth-order valence-corrected chi connectivity index (χ4v) is 0.571. The number of amides is 2. The summed E-state index contributed by atoms with van der Waals surface area (Å²) >= 11 is 0. The molecule has 1 fully saturated rings. The fraction of sp³-hybridized carbons (Fsp3) is 0.571. The molecule has 0 aliphatic carbocycles. The lowest BCUT2D eigenvalue weighted by molar-refractivity contribution is 0.228. The highest BCUT2D eigenvalue weighted by molar-refractivity contribution is 5.76. The molecule has 0 aromatic rings. The molecular formula is C7H10N2O. The Kier molecular flexibility index (Phi) is 1.81. The van der Waals surface area contributed by atoms with Crippen molar-refractivity contribution in [2.45, 2.75) is 13.0 Å². The first-order valence-corrected chi connectivity index (χ1v) is 3.25. The van der Waals surface area contributed by atoms with Crippen LogP contribution >= 0.6 is 0 Å². The van der Waals surface area contributed by atoms with Crippen molar-refractivity contribution in [3.05, 3.63) is 0 Å². The number of hydrogen-bond acceptors (Lipinski definition) is 1. The second-order valence-corrected chi connectivity index (χ2v) is 2.32. The van der Waals surface area contributed by atoms with Gasteiger partial charge in [-0.05, 0) is 6.92 Å². The third kappa shape index (κ3) is 1.66. The highest BCUT2D eigenvalue weighted by Crippen LogP contribution is 2.02. The van der Waals surface area contributed by atoms with Gasteiger partial charge in [-0.15, -0.1) is 6.42 Å². The van der Waals surface area contributed by atoms with Crippen LogP contribution in [0.2, 0.25) is 0 Å². The molecule has 0 aromatic heterocycles. The van der Waals surface area contributed by atoms with Crippen LogP contribution in [0.4, 0.5) is 4.79 Å². The fourth-order valence-electron chi connectivity index (χ4n) is 0.571. The molecule has 0 aromatic carbocycles. The van der Waals surface area contributed by atoms with Crippen LogP contribution in [0.3, 0.4) is 0 Å². The van der Waals surface area contributed by atoms with E-state index in [1.807, 2.05) is 0 Å². The quantitative estimate of drug-likeness (QED) is 0.402. The summed E-state index contributed by atoms with van der Waals surface area (Å²) in [5, 5.41) is 2.64. The molecule has 1 aliphatic heterocycles. The van der Waals surface area contributed by atoms with Crippen LogP contribution in [0, 0.1) is 12.3 Å². The second kappa shape index (κ2) is 2.61. The average molecular weight is 138 g/mol. The number of nitrogens with one attached hydrogen (secondary N) is 1. The van der Waals surface area contributed by atoms with Crippen LogP contribution < -0.4 is 5.32 Å². The minimum Gasteiger partial charge on any atom is -0.325 e. The maximum atomic E-state index is 10.9. The van der Waals surface area contributed by atoms with Crippen LogP contribution in [0.15, 0.2) is 0 Å². The van der Waals surface area contributed by atoms with Crippen LogP contribution in [0.5, 0.6) is 0 Å². The van der Waals surface area contributed by atoms with Gasteiger partial charge in [0.25, 0.3) is 0 Å². The predicted molar refractivity (Wildman–Crippen MR) is 38.4 cm³/mol. The molecule has 54 valence electrons. The molecule has 0 radical (unpaired) electrons. The van der Waals surface area contributed by atoms with Gasteiger partial charge in [0.2, 0.25) is 0 Å². The van der Waals surface area contributed by atoms with Gasteiger partial charge in [0, 0.05) is 13.1 Å². The third-order valence-corrected chi connectivity index (χ3v) is 1.32. The Labute approximate surface area is 60.4 Å². The van der Waals surface area contributed by atoms with Crippen LogP contribution in [-0.4, -0.2) is 30.1 Å². The van der Waals surface area contributed by atoms with E-state index in [9.17, 15) is 4.79 Å². The SMILES string of the molecule is C#CC(C)NC(=O)N1CC1. The smallest absolute Gasteiger partial charge is 0.318 e. The number of urea groups is 1. The van der Waals surface area contributed by atoms with Crippen LogP contribution in [-0.2, 0) is 0 Å². The molecule has 1 aliphatic rings. The number of nitrogens with zero attached hydrogens (tertiary/aromatic N) is 1. The summed E-state index contributed by atoms with van der Waals surface area (Å²) in [6.07, 6.45) is 5.06. The van der Waals surface area contributed by atoms with Crippen molar-refractivity contribution in [3.63, 3.8) is 0 Å². The van der Waals surface area contributed by atoms with Crippen molar-refractivity contribution >= 4 is 6.03 Å². The highest BCUT2D eigenvalue weighted by atomic mass is 16.2. The van der Waals surface area contributed by atoms with Gasteiger partial charge in [-0.3, -0.25) is 0 Å². The number of carbonyl (C=O) groups is 1. The van der Waals surface area contributed by atoms with E-state index in [2.05, 4.69) is 11.2 Å². The topological polar surface area (TPSA) is 32.1 Å². The van der Waals surface area contributed by atoms with E-state index in [1.165, 1.54) is 0 Å². The van der Waals surface area contributed by atoms with Gasteiger partial charge in [0.15, 0.2) is 0 Å². The van der Waals surface area contributed by atoms with Gasteiger partial charge in [0.1, 0.15) is 0 Å². The highest BCUT2D eigenvalue weighted by Gasteiger charge is 2.24. The number of carbonyl (C=O) groups excluding carboxylic acids is 1. The lowest BCUT2D eigenvalue weighted by Crippen LogP contribution is -2.34. The largest absolute Gasteiger partial charge is 0.325 e. The van der Waals surface area contributed by atoms with Crippen molar-refractivity contribution in [1.29, 1.82) is 0 Å². The molecule has 3 heteroatoms. The second-order valence-electron chi connectivity index (χ2n) is 2.32. The molecule has 2 amide bonds. The summed E-state index contributed by atoms with van der Waals surface area (Å²) in [6, 6.07) is -0.210. The molecule has 1 unspecified atom stereocenters. The Morgan fingerprint density at radius 2 is 2.40 bits per heavy atom. The zero-order chi connectivity index (χ0) is 7.56. The molecule has 0 spiro atoms. The lowest BCUT2D eigenvalue weighted by atomic mass is 10.4. The Morgan fingerprint density at radius 3 is 2.80 bits per heavy atom. The number of hydrogen-bond donors (Lipinski definition) is 1.